The molecule has 138 valence electrons. The molecule has 0 saturated carbocycles. The number of hydrogen-bond donors (Lipinski definition) is 0. The molecule has 1 aromatic heterocycles. The smallest absolute Gasteiger partial charge is 0.422 e. The summed E-state index contributed by atoms with van der Waals surface area (Å²) in [5.74, 6) is 0. The van der Waals surface area contributed by atoms with Crippen LogP contribution in [-0.2, 0) is 26.2 Å². The van der Waals surface area contributed by atoms with Gasteiger partial charge < -0.3 is 23.7 Å². The molecule has 25 heavy (non-hydrogen) atoms. The highest BCUT2D eigenvalue weighted by atomic mass is 28.4. The van der Waals surface area contributed by atoms with Gasteiger partial charge in [0.15, 0.2) is 12.4 Å². The van der Waals surface area contributed by atoms with Gasteiger partial charge in [0.1, 0.15) is 6.54 Å². The Morgan fingerprint density at radius 2 is 1.60 bits per heavy atom. The van der Waals surface area contributed by atoms with E-state index < -0.39 is 8.80 Å². The van der Waals surface area contributed by atoms with Crippen LogP contribution in [0.3, 0.4) is 0 Å². The topological polar surface area (TPSA) is 90.0 Å². The van der Waals surface area contributed by atoms with E-state index in [0.717, 1.165) is 19.0 Å². The first-order valence-electron chi connectivity index (χ1n) is 8.49. The molecule has 0 unspecified atom stereocenters. The van der Waals surface area contributed by atoms with Crippen molar-refractivity contribution in [3.63, 3.8) is 0 Å². The Bertz CT molecular complexity index is 537. The average molecular weight is 365 g/mol. The van der Waals surface area contributed by atoms with E-state index in [0.29, 0.717) is 19.8 Å². The van der Waals surface area contributed by atoms with Gasteiger partial charge in [0.25, 0.3) is 0 Å². The zero-order valence-corrected chi connectivity index (χ0v) is 16.6. The van der Waals surface area contributed by atoms with Crippen LogP contribution in [0.5, 0.6) is 0 Å². The lowest BCUT2D eigenvalue weighted by Gasteiger charge is -2.28. The van der Waals surface area contributed by atoms with Crippen LogP contribution in [-0.4, -0.2) is 34.6 Å². The van der Waals surface area contributed by atoms with Crippen molar-refractivity contribution in [3.8, 4) is 6.19 Å². The monoisotopic (exact) mass is 364 g/mol. The minimum absolute atomic E-state index is 0.636. The highest BCUT2D eigenvalue weighted by Crippen LogP contribution is 2.18. The van der Waals surface area contributed by atoms with Gasteiger partial charge in [-0.1, -0.05) is 0 Å². The molecule has 1 heterocycles. The number of aromatic nitrogens is 1. The summed E-state index contributed by atoms with van der Waals surface area (Å²) < 4.78 is 19.8. The van der Waals surface area contributed by atoms with E-state index in [9.17, 15) is 0 Å². The van der Waals surface area contributed by atoms with Crippen molar-refractivity contribution in [2.75, 3.05) is 19.8 Å². The fourth-order valence-corrected chi connectivity index (χ4v) is 4.78. The first kappa shape index (κ1) is 23.1. The quantitative estimate of drug-likeness (QED) is 0.276. The molecule has 0 atom stereocenters. The Morgan fingerprint density at radius 1 is 1.08 bits per heavy atom. The molecular formula is C17H28N4O3Si. The number of pyridine rings is 1. The molecule has 8 heteroatoms. The lowest BCUT2D eigenvalue weighted by Crippen LogP contribution is -2.46. The lowest BCUT2D eigenvalue weighted by atomic mass is 10.2. The summed E-state index contributed by atoms with van der Waals surface area (Å²) in [7, 11) is -2.51. The third-order valence-corrected chi connectivity index (χ3v) is 6.29. The Kier molecular flexibility index (Phi) is 13.4. The van der Waals surface area contributed by atoms with Crippen LogP contribution in [0.4, 0.5) is 0 Å². The van der Waals surface area contributed by atoms with Crippen LogP contribution >= 0.6 is 0 Å². The van der Waals surface area contributed by atoms with Crippen molar-refractivity contribution in [1.82, 2.24) is 0 Å². The molecule has 0 bridgehead atoms. The zero-order valence-electron chi connectivity index (χ0n) is 15.6. The largest absolute Gasteiger partial charge is 0.501 e. The predicted octanol–water partition coefficient (Wildman–Crippen LogP) is 2.80. The number of rotatable bonds is 10. The standard InChI is InChI=1S/C15H28NO3Si.C2N3/c1-5-16-12-9-15(10-13-16)11-14-20(17-6-2,18-7-3)19-8-4;3-1-5-2-4/h9-10,12-13H,5-8,11,14H2,1-4H3;/q+1;-1. The van der Waals surface area contributed by atoms with Gasteiger partial charge in [-0.3, -0.25) is 0 Å². The summed E-state index contributed by atoms with van der Waals surface area (Å²) in [4.78, 5) is 2.58. The second-order valence-electron chi connectivity index (χ2n) is 4.83. The Morgan fingerprint density at radius 3 is 1.92 bits per heavy atom. The third-order valence-electron chi connectivity index (χ3n) is 3.24. The van der Waals surface area contributed by atoms with Crippen LogP contribution in [0.2, 0.25) is 6.04 Å². The summed E-state index contributed by atoms with van der Waals surface area (Å²) in [5, 5.41) is 14.9. The lowest BCUT2D eigenvalue weighted by molar-refractivity contribution is -0.693. The third kappa shape index (κ3) is 9.87. The van der Waals surface area contributed by atoms with E-state index in [1.807, 2.05) is 20.8 Å². The van der Waals surface area contributed by atoms with E-state index in [-0.39, 0.29) is 0 Å². The average Bonchev–Trinajstić information content (AvgIpc) is 2.62. The molecule has 7 nitrogen and oxygen atoms in total. The molecule has 1 aromatic rings. The molecule has 0 amide bonds. The normalized spacial score (nSPS) is 10.2. The highest BCUT2D eigenvalue weighted by molar-refractivity contribution is 6.60. The molecule has 0 N–H and O–H groups in total. The maximum atomic E-state index is 7.43. The van der Waals surface area contributed by atoms with Crippen LogP contribution in [0, 0.1) is 11.5 Å². The van der Waals surface area contributed by atoms with Crippen molar-refractivity contribution in [2.24, 2.45) is 4.99 Å². The van der Waals surface area contributed by atoms with E-state index in [4.69, 9.17) is 23.9 Å². The number of hydrogen-bond acceptors (Lipinski definition) is 5. The van der Waals surface area contributed by atoms with Crippen molar-refractivity contribution < 1.29 is 17.8 Å². The maximum Gasteiger partial charge on any atom is 0.501 e. The van der Waals surface area contributed by atoms with Crippen LogP contribution < -0.4 is 4.57 Å². The predicted molar refractivity (Wildman–Crippen MR) is 97.9 cm³/mol. The van der Waals surface area contributed by atoms with Crippen molar-refractivity contribution in [3.05, 3.63) is 35.5 Å². The molecule has 0 spiro atoms. The molecular weight excluding hydrogens is 336 g/mol. The van der Waals surface area contributed by atoms with Crippen molar-refractivity contribution in [1.29, 1.82) is 5.26 Å². The first-order valence-corrected chi connectivity index (χ1v) is 10.4. The second kappa shape index (κ2) is 14.5. The summed E-state index contributed by atoms with van der Waals surface area (Å²) in [6.45, 7) is 11.0. The van der Waals surface area contributed by atoms with E-state index in [1.165, 1.54) is 17.8 Å². The molecule has 0 aliphatic rings. The fourth-order valence-electron chi connectivity index (χ4n) is 2.19. The minimum Gasteiger partial charge on any atom is -0.422 e. The second-order valence-corrected chi connectivity index (χ2v) is 7.56. The summed E-state index contributed by atoms with van der Waals surface area (Å²) >= 11 is 0. The number of nitriles is 1. The molecule has 0 aromatic carbocycles. The molecule has 0 radical (unpaired) electrons. The molecule has 1 rings (SSSR count). The molecule has 0 aliphatic carbocycles. The molecule has 0 aliphatic heterocycles. The van der Waals surface area contributed by atoms with E-state index in [2.05, 4.69) is 41.0 Å². The minimum atomic E-state index is -2.51. The number of aliphatic imine (C=N–C) groups is 1. The van der Waals surface area contributed by atoms with Gasteiger partial charge in [0.2, 0.25) is 0 Å². The number of aryl methyl sites for hydroxylation is 2. The van der Waals surface area contributed by atoms with Crippen LogP contribution in [0.25, 0.3) is 5.41 Å². The SMILES string of the molecule is CCO[Si](CCc1cc[n+](CC)cc1)(OCC)OCC.N#CN=C=[N-]. The zero-order chi connectivity index (χ0) is 19.0. The summed E-state index contributed by atoms with van der Waals surface area (Å²) in [5.41, 5.74) is 1.30. The van der Waals surface area contributed by atoms with Gasteiger partial charge in [-0.15, -0.1) is 6.01 Å². The van der Waals surface area contributed by atoms with Gasteiger partial charge in [0.05, 0.1) is 6.19 Å². The Labute approximate surface area is 151 Å². The van der Waals surface area contributed by atoms with Gasteiger partial charge in [0, 0.05) is 38.0 Å². The van der Waals surface area contributed by atoms with Crippen LogP contribution in [0.1, 0.15) is 33.3 Å². The van der Waals surface area contributed by atoms with Gasteiger partial charge in [-0.2, -0.15) is 5.26 Å². The van der Waals surface area contributed by atoms with E-state index in [1.54, 1.807) is 0 Å². The van der Waals surface area contributed by atoms with Crippen molar-refractivity contribution in [2.45, 2.75) is 46.7 Å². The molecule has 0 saturated heterocycles. The summed E-state index contributed by atoms with van der Waals surface area (Å²) in [6.07, 6.45) is 6.43. The molecule has 0 fully saturated rings. The van der Waals surface area contributed by atoms with Gasteiger partial charge in [-0.05, 0) is 39.7 Å². The Hall–Kier alpha value is -1.88. The van der Waals surface area contributed by atoms with Gasteiger partial charge in [-0.25, -0.2) is 4.57 Å². The van der Waals surface area contributed by atoms with E-state index >= 15 is 0 Å². The number of nitrogens with zero attached hydrogens (tertiary/aromatic N) is 4. The first-order chi connectivity index (χ1) is 12.1. The summed E-state index contributed by atoms with van der Waals surface area (Å²) in [6, 6.07) is 6.43. The fraction of sp³-hybridized carbons (Fsp3) is 0.588. The maximum absolute atomic E-state index is 7.43. The highest BCUT2D eigenvalue weighted by Gasteiger charge is 2.39. The van der Waals surface area contributed by atoms with Crippen LogP contribution in [0.15, 0.2) is 29.5 Å². The Balaban J connectivity index is 0.00000101. The van der Waals surface area contributed by atoms with Gasteiger partial charge >= 0.3 is 8.80 Å². The van der Waals surface area contributed by atoms with Crippen molar-refractivity contribution >= 4 is 14.8 Å².